The van der Waals surface area contributed by atoms with Gasteiger partial charge in [-0.25, -0.2) is 13.1 Å². The van der Waals surface area contributed by atoms with Crippen LogP contribution in [0.3, 0.4) is 0 Å². The fourth-order valence-corrected chi connectivity index (χ4v) is 6.16. The molecule has 0 radical (unpaired) electrons. The maximum atomic E-state index is 13.0. The van der Waals surface area contributed by atoms with E-state index < -0.39 is 21.4 Å². The van der Waals surface area contributed by atoms with Crippen molar-refractivity contribution in [2.75, 3.05) is 0 Å². The van der Waals surface area contributed by atoms with E-state index in [4.69, 9.17) is 11.6 Å². The van der Waals surface area contributed by atoms with Crippen LogP contribution in [-0.2, 0) is 21.9 Å². The molecule has 206 valence electrons. The Morgan fingerprint density at radius 1 is 1.13 bits per heavy atom. The summed E-state index contributed by atoms with van der Waals surface area (Å²) >= 11 is 6.70. The molecule has 0 saturated heterocycles. The van der Waals surface area contributed by atoms with Gasteiger partial charge in [0.05, 0.1) is 38.6 Å². The quantitative estimate of drug-likeness (QED) is 0.204. The average Bonchev–Trinajstić information content (AvgIpc) is 3.42. The minimum absolute atomic E-state index is 0.198. The van der Waals surface area contributed by atoms with Crippen LogP contribution >= 0.6 is 11.6 Å². The highest BCUT2D eigenvalue weighted by atomic mass is 35.5. The van der Waals surface area contributed by atoms with Crippen LogP contribution < -0.4 is 5.32 Å². The van der Waals surface area contributed by atoms with Gasteiger partial charge in [-0.1, -0.05) is 80.8 Å². The number of benzene rings is 2. The highest BCUT2D eigenvalue weighted by molar-refractivity contribution is 7.94. The van der Waals surface area contributed by atoms with Crippen LogP contribution in [0, 0.1) is 5.92 Å². The molecule has 9 heteroatoms. The van der Waals surface area contributed by atoms with Crippen LogP contribution in [0.5, 0.6) is 0 Å². The van der Waals surface area contributed by atoms with Crippen LogP contribution in [0.25, 0.3) is 10.9 Å². The lowest BCUT2D eigenvalue weighted by Gasteiger charge is -2.33. The van der Waals surface area contributed by atoms with Gasteiger partial charge in [-0.2, -0.15) is 0 Å². The molecule has 0 aliphatic carbocycles. The van der Waals surface area contributed by atoms with E-state index in [-0.39, 0.29) is 15.8 Å². The topological polar surface area (TPSA) is 89.8 Å². The van der Waals surface area contributed by atoms with Crippen LogP contribution in [0.1, 0.15) is 64.3 Å². The molecule has 0 bridgehead atoms. The third-order valence-corrected chi connectivity index (χ3v) is 9.32. The zero-order valence-electron chi connectivity index (χ0n) is 22.9. The van der Waals surface area contributed by atoms with E-state index in [1.807, 2.05) is 18.3 Å². The molecule has 2 aromatic heterocycles. The number of allylic oxidation sites excluding steroid dienone is 1. The van der Waals surface area contributed by atoms with Crippen molar-refractivity contribution in [3.8, 4) is 0 Å². The molecule has 0 spiro atoms. The summed E-state index contributed by atoms with van der Waals surface area (Å²) in [6, 6.07) is 18.1. The van der Waals surface area contributed by atoms with Gasteiger partial charge in [-0.15, -0.1) is 5.10 Å². The second-order valence-electron chi connectivity index (χ2n) is 10.3. The van der Waals surface area contributed by atoms with Gasteiger partial charge >= 0.3 is 0 Å². The number of unbranched alkanes of at least 4 members (excludes halogenated alkanes) is 1. The van der Waals surface area contributed by atoms with E-state index in [0.717, 1.165) is 40.4 Å². The van der Waals surface area contributed by atoms with Gasteiger partial charge in [0.2, 0.25) is 9.84 Å². The minimum atomic E-state index is -3.70. The second-order valence-corrected chi connectivity index (χ2v) is 12.6. The molecule has 0 aliphatic heterocycles. The van der Waals surface area contributed by atoms with Crippen molar-refractivity contribution < 1.29 is 8.42 Å². The lowest BCUT2D eigenvalue weighted by molar-refractivity contribution is 0.255. The lowest BCUT2D eigenvalue weighted by Crippen LogP contribution is -2.44. The summed E-state index contributed by atoms with van der Waals surface area (Å²) in [5.41, 5.74) is 2.40. The molecule has 2 atom stereocenters. The molecule has 2 heterocycles. The van der Waals surface area contributed by atoms with Crippen LogP contribution in [0.4, 0.5) is 0 Å². The van der Waals surface area contributed by atoms with Gasteiger partial charge in [-0.3, -0.25) is 4.98 Å². The van der Waals surface area contributed by atoms with Crippen LogP contribution in [0.2, 0.25) is 0 Å². The largest absolute Gasteiger partial charge is 0.302 e. The van der Waals surface area contributed by atoms with Crippen molar-refractivity contribution in [2.45, 2.75) is 70.0 Å². The number of aromatic nitrogens is 4. The van der Waals surface area contributed by atoms with Gasteiger partial charge < -0.3 is 5.32 Å². The molecule has 1 N–H and O–H groups in total. The highest BCUT2D eigenvalue weighted by Crippen LogP contribution is 2.32. The Morgan fingerprint density at radius 3 is 2.62 bits per heavy atom. The predicted octanol–water partition coefficient (Wildman–Crippen LogP) is 6.77. The SMILES string of the molecule is CCCCC(/C(Cl)=C/S(=O)(=O)c1ccccc1)n1cc([C@@](C)(NCc2ccc3ncccc3c2)C(C)C)nn1. The summed E-state index contributed by atoms with van der Waals surface area (Å²) in [6.07, 6.45) is 6.15. The minimum Gasteiger partial charge on any atom is -0.302 e. The number of nitrogens with zero attached hydrogens (tertiary/aromatic N) is 4. The summed E-state index contributed by atoms with van der Waals surface area (Å²) in [4.78, 5) is 4.61. The van der Waals surface area contributed by atoms with E-state index in [2.05, 4.69) is 66.5 Å². The number of pyridine rings is 1. The van der Waals surface area contributed by atoms with Gasteiger partial charge in [0.15, 0.2) is 0 Å². The Kier molecular flexibility index (Phi) is 9.20. The fourth-order valence-electron chi connectivity index (χ4n) is 4.48. The maximum absolute atomic E-state index is 13.0. The predicted molar refractivity (Wildman–Crippen MR) is 157 cm³/mol. The number of nitrogens with one attached hydrogen (secondary N) is 1. The number of hydrogen-bond acceptors (Lipinski definition) is 6. The fraction of sp³-hybridized carbons (Fsp3) is 0.367. The lowest BCUT2D eigenvalue weighted by atomic mass is 9.85. The normalized spacial score (nSPS) is 15.0. The standard InChI is InChI=1S/C30H36ClN5O2S/c1-5-6-14-28(26(31)21-39(37,38)25-12-8-7-9-13-25)36-20-29(34-35-36)30(4,22(2)3)33-19-23-15-16-27-24(18-23)11-10-17-32-27/h7-13,15-18,20-22,28,33H,5-6,14,19H2,1-4H3/b26-21-/t28?,30-/m0/s1. The second kappa shape index (κ2) is 12.4. The first-order valence-corrected chi connectivity index (χ1v) is 15.2. The Morgan fingerprint density at radius 2 is 1.90 bits per heavy atom. The summed E-state index contributed by atoms with van der Waals surface area (Å²) in [7, 11) is -3.70. The Hall–Kier alpha value is -3.07. The highest BCUT2D eigenvalue weighted by Gasteiger charge is 2.34. The Labute approximate surface area is 236 Å². The molecule has 0 saturated carbocycles. The van der Waals surface area contributed by atoms with E-state index in [9.17, 15) is 8.42 Å². The molecular weight excluding hydrogens is 530 g/mol. The van der Waals surface area contributed by atoms with E-state index in [1.165, 1.54) is 0 Å². The molecule has 0 aliphatic rings. The third kappa shape index (κ3) is 6.75. The first-order valence-electron chi connectivity index (χ1n) is 13.3. The van der Waals surface area contributed by atoms with Crippen LogP contribution in [0.15, 0.2) is 88.4 Å². The first kappa shape index (κ1) is 28.9. The molecule has 1 unspecified atom stereocenters. The monoisotopic (exact) mass is 565 g/mol. The molecular formula is C30H36ClN5O2S. The number of rotatable bonds is 12. The van der Waals surface area contributed by atoms with Crippen molar-refractivity contribution >= 4 is 32.3 Å². The average molecular weight is 566 g/mol. The smallest absolute Gasteiger partial charge is 0.201 e. The molecule has 0 fully saturated rings. The molecule has 4 rings (SSSR count). The molecule has 2 aromatic carbocycles. The first-order chi connectivity index (χ1) is 18.6. The summed E-state index contributed by atoms with van der Waals surface area (Å²) in [6.45, 7) is 9.13. The van der Waals surface area contributed by atoms with Crippen molar-refractivity contribution in [1.29, 1.82) is 0 Å². The molecule has 0 amide bonds. The maximum Gasteiger partial charge on any atom is 0.201 e. The Bertz CT molecular complexity index is 1540. The van der Waals surface area contributed by atoms with Crippen molar-refractivity contribution in [3.63, 3.8) is 0 Å². The van der Waals surface area contributed by atoms with Crippen molar-refractivity contribution in [2.24, 2.45) is 5.92 Å². The zero-order chi connectivity index (χ0) is 28.0. The summed E-state index contributed by atoms with van der Waals surface area (Å²) in [5.74, 6) is 0.198. The molecule has 7 nitrogen and oxygen atoms in total. The van der Waals surface area contributed by atoms with E-state index >= 15 is 0 Å². The van der Waals surface area contributed by atoms with Gasteiger partial charge in [0.1, 0.15) is 5.69 Å². The van der Waals surface area contributed by atoms with E-state index in [0.29, 0.717) is 13.0 Å². The van der Waals surface area contributed by atoms with Gasteiger partial charge in [0, 0.05) is 18.1 Å². The van der Waals surface area contributed by atoms with Crippen molar-refractivity contribution in [3.05, 3.63) is 94.8 Å². The summed E-state index contributed by atoms with van der Waals surface area (Å²) < 4.78 is 27.7. The number of halogens is 1. The van der Waals surface area contributed by atoms with Gasteiger partial charge in [-0.05, 0) is 55.2 Å². The number of hydrogen-bond donors (Lipinski definition) is 1. The Balaban J connectivity index is 1.60. The summed E-state index contributed by atoms with van der Waals surface area (Å²) in [5, 5.41) is 15.1. The zero-order valence-corrected chi connectivity index (χ0v) is 24.5. The van der Waals surface area contributed by atoms with E-state index in [1.54, 1.807) is 41.2 Å². The third-order valence-electron chi connectivity index (χ3n) is 7.33. The molecule has 4 aromatic rings. The molecule has 39 heavy (non-hydrogen) atoms. The number of sulfone groups is 1. The van der Waals surface area contributed by atoms with Crippen molar-refractivity contribution in [1.82, 2.24) is 25.3 Å². The van der Waals surface area contributed by atoms with Gasteiger partial charge in [0.25, 0.3) is 0 Å². The van der Waals surface area contributed by atoms with Crippen LogP contribution in [-0.4, -0.2) is 28.4 Å². The number of fused-ring (bicyclic) bond motifs is 1.